The monoisotopic (exact) mass is 362 g/mol. The van der Waals surface area contributed by atoms with E-state index in [-0.39, 0.29) is 18.2 Å². The number of pyridine rings is 1. The van der Waals surface area contributed by atoms with Crippen LogP contribution in [0.25, 0.3) is 10.9 Å². The smallest absolute Gasteiger partial charge is 0.251 e. The third-order valence-corrected chi connectivity index (χ3v) is 4.01. The van der Waals surface area contributed by atoms with Gasteiger partial charge in [0.25, 0.3) is 5.91 Å². The lowest BCUT2D eigenvalue weighted by Crippen LogP contribution is -2.23. The number of nitrogens with one attached hydrogen (secondary N) is 1. The number of carbonyl (C=O) groups excluding carboxylic acids is 1. The standard InChI is InChI=1S/C22H19FN2O2/c1-2-3-4-13-27-20-9-5-7-18(21(20)23)15-25-22(26)17-10-11-19-16(14-17)8-6-12-24-19/h5-12,14H,4,13,15H2,1H3,(H,25,26). The van der Waals surface area contributed by atoms with Crippen molar-refractivity contribution >= 4 is 16.8 Å². The number of amides is 1. The normalized spacial score (nSPS) is 10.1. The van der Waals surface area contributed by atoms with Crippen molar-refractivity contribution in [2.75, 3.05) is 6.61 Å². The van der Waals surface area contributed by atoms with E-state index in [1.807, 2.05) is 12.1 Å². The fourth-order valence-corrected chi connectivity index (χ4v) is 2.64. The van der Waals surface area contributed by atoms with E-state index in [0.29, 0.717) is 24.2 Å². The summed E-state index contributed by atoms with van der Waals surface area (Å²) in [6.45, 7) is 2.14. The Balaban J connectivity index is 1.66. The molecule has 0 unspecified atom stereocenters. The SMILES string of the molecule is CC#CCCOc1cccc(CNC(=O)c2ccc3ncccc3c2)c1F. The predicted molar refractivity (Wildman–Crippen MR) is 103 cm³/mol. The molecule has 27 heavy (non-hydrogen) atoms. The number of benzene rings is 2. The Bertz CT molecular complexity index is 1020. The Kier molecular flexibility index (Phi) is 6.01. The van der Waals surface area contributed by atoms with Gasteiger partial charge in [-0.1, -0.05) is 18.2 Å². The number of rotatable bonds is 6. The molecule has 1 aromatic heterocycles. The van der Waals surface area contributed by atoms with Crippen LogP contribution in [0.3, 0.4) is 0 Å². The molecule has 136 valence electrons. The summed E-state index contributed by atoms with van der Waals surface area (Å²) >= 11 is 0. The van der Waals surface area contributed by atoms with Gasteiger partial charge in [-0.2, -0.15) is 0 Å². The van der Waals surface area contributed by atoms with Crippen LogP contribution in [0.15, 0.2) is 54.7 Å². The first kappa shape index (κ1) is 18.4. The number of hydrogen-bond acceptors (Lipinski definition) is 3. The second kappa shape index (κ2) is 8.81. The molecule has 1 N–H and O–H groups in total. The fourth-order valence-electron chi connectivity index (χ4n) is 2.64. The fraction of sp³-hybridized carbons (Fsp3) is 0.182. The highest BCUT2D eigenvalue weighted by molar-refractivity contribution is 5.97. The summed E-state index contributed by atoms with van der Waals surface area (Å²) in [5, 5.41) is 3.62. The molecular weight excluding hydrogens is 343 g/mol. The van der Waals surface area contributed by atoms with Gasteiger partial charge in [-0.15, -0.1) is 11.8 Å². The van der Waals surface area contributed by atoms with Gasteiger partial charge < -0.3 is 10.1 Å². The molecule has 3 rings (SSSR count). The number of halogens is 1. The molecular formula is C22H19FN2O2. The summed E-state index contributed by atoms with van der Waals surface area (Å²) in [4.78, 5) is 16.6. The maximum atomic E-state index is 14.5. The van der Waals surface area contributed by atoms with Gasteiger partial charge in [0.1, 0.15) is 0 Å². The van der Waals surface area contributed by atoms with Gasteiger partial charge in [0.05, 0.1) is 12.1 Å². The van der Waals surface area contributed by atoms with Crippen LogP contribution in [-0.2, 0) is 6.54 Å². The van der Waals surface area contributed by atoms with E-state index in [1.54, 1.807) is 49.5 Å². The van der Waals surface area contributed by atoms with Gasteiger partial charge >= 0.3 is 0 Å². The molecule has 0 bridgehead atoms. The number of carbonyl (C=O) groups is 1. The van der Waals surface area contributed by atoms with Crippen molar-refractivity contribution in [3.05, 3.63) is 71.7 Å². The van der Waals surface area contributed by atoms with E-state index in [0.717, 1.165) is 10.9 Å². The molecule has 4 nitrogen and oxygen atoms in total. The average Bonchev–Trinajstić information content (AvgIpc) is 2.70. The molecule has 0 aliphatic heterocycles. The molecule has 0 saturated heterocycles. The molecule has 0 atom stereocenters. The van der Waals surface area contributed by atoms with Crippen molar-refractivity contribution in [1.29, 1.82) is 0 Å². The maximum absolute atomic E-state index is 14.5. The molecule has 0 aliphatic carbocycles. The summed E-state index contributed by atoms with van der Waals surface area (Å²) in [6, 6.07) is 13.9. The van der Waals surface area contributed by atoms with Crippen molar-refractivity contribution in [2.24, 2.45) is 0 Å². The number of nitrogens with zero attached hydrogens (tertiary/aromatic N) is 1. The number of ether oxygens (including phenoxy) is 1. The van der Waals surface area contributed by atoms with Crippen molar-refractivity contribution in [2.45, 2.75) is 19.9 Å². The van der Waals surface area contributed by atoms with Crippen molar-refractivity contribution in [3.63, 3.8) is 0 Å². The number of hydrogen-bond donors (Lipinski definition) is 1. The van der Waals surface area contributed by atoms with Gasteiger partial charge in [0.2, 0.25) is 0 Å². The molecule has 0 aliphatic rings. The molecule has 3 aromatic rings. The molecule has 1 amide bonds. The van der Waals surface area contributed by atoms with E-state index in [2.05, 4.69) is 22.1 Å². The quantitative estimate of drug-likeness (QED) is 0.531. The molecule has 2 aromatic carbocycles. The van der Waals surface area contributed by atoms with Gasteiger partial charge in [0.15, 0.2) is 11.6 Å². The molecule has 5 heteroatoms. The summed E-state index contributed by atoms with van der Waals surface area (Å²) in [5.74, 6) is 5.05. The summed E-state index contributed by atoms with van der Waals surface area (Å²) in [6.07, 6.45) is 2.24. The Morgan fingerprint density at radius 3 is 2.96 bits per heavy atom. The first-order valence-electron chi connectivity index (χ1n) is 8.62. The Morgan fingerprint density at radius 1 is 1.22 bits per heavy atom. The third-order valence-electron chi connectivity index (χ3n) is 4.01. The Morgan fingerprint density at radius 2 is 2.11 bits per heavy atom. The van der Waals surface area contributed by atoms with Crippen LogP contribution in [0.1, 0.15) is 29.3 Å². The van der Waals surface area contributed by atoms with Crippen molar-refractivity contribution in [1.82, 2.24) is 10.3 Å². The van der Waals surface area contributed by atoms with Crippen LogP contribution < -0.4 is 10.1 Å². The van der Waals surface area contributed by atoms with Gasteiger partial charge in [-0.25, -0.2) is 4.39 Å². The highest BCUT2D eigenvalue weighted by atomic mass is 19.1. The lowest BCUT2D eigenvalue weighted by Gasteiger charge is -2.10. The topological polar surface area (TPSA) is 51.2 Å². The zero-order chi connectivity index (χ0) is 19.1. The second-order valence-electron chi connectivity index (χ2n) is 5.85. The van der Waals surface area contributed by atoms with Crippen LogP contribution in [-0.4, -0.2) is 17.5 Å². The molecule has 0 radical (unpaired) electrons. The lowest BCUT2D eigenvalue weighted by atomic mass is 10.1. The van der Waals surface area contributed by atoms with E-state index >= 15 is 0 Å². The van der Waals surface area contributed by atoms with Gasteiger partial charge in [0, 0.05) is 35.7 Å². The largest absolute Gasteiger partial charge is 0.490 e. The van der Waals surface area contributed by atoms with Crippen molar-refractivity contribution < 1.29 is 13.9 Å². The Hall–Kier alpha value is -3.39. The van der Waals surface area contributed by atoms with E-state index in [9.17, 15) is 9.18 Å². The number of fused-ring (bicyclic) bond motifs is 1. The zero-order valence-corrected chi connectivity index (χ0v) is 15.0. The van der Waals surface area contributed by atoms with Crippen molar-refractivity contribution in [3.8, 4) is 17.6 Å². The predicted octanol–water partition coefficient (Wildman–Crippen LogP) is 4.10. The van der Waals surface area contributed by atoms with Crippen LogP contribution in [0.5, 0.6) is 5.75 Å². The first-order valence-corrected chi connectivity index (χ1v) is 8.62. The average molecular weight is 362 g/mol. The highest BCUT2D eigenvalue weighted by Gasteiger charge is 2.12. The summed E-state index contributed by atoms with van der Waals surface area (Å²) in [7, 11) is 0. The minimum Gasteiger partial charge on any atom is -0.490 e. The summed E-state index contributed by atoms with van der Waals surface area (Å²) in [5.41, 5.74) is 1.68. The first-order chi connectivity index (χ1) is 13.2. The molecule has 0 fully saturated rings. The van der Waals surface area contributed by atoms with Crippen LogP contribution in [0.4, 0.5) is 4.39 Å². The lowest BCUT2D eigenvalue weighted by molar-refractivity contribution is 0.0950. The van der Waals surface area contributed by atoms with E-state index in [4.69, 9.17) is 4.74 Å². The second-order valence-corrected chi connectivity index (χ2v) is 5.85. The molecule has 0 spiro atoms. The van der Waals surface area contributed by atoms with Gasteiger partial charge in [-0.05, 0) is 37.3 Å². The minimum atomic E-state index is -0.468. The van der Waals surface area contributed by atoms with E-state index < -0.39 is 5.82 Å². The molecule has 0 saturated carbocycles. The maximum Gasteiger partial charge on any atom is 0.251 e. The van der Waals surface area contributed by atoms with E-state index in [1.165, 1.54) is 0 Å². The number of aromatic nitrogens is 1. The third kappa shape index (κ3) is 4.62. The Labute approximate surface area is 157 Å². The highest BCUT2D eigenvalue weighted by Crippen LogP contribution is 2.21. The van der Waals surface area contributed by atoms with Gasteiger partial charge in [-0.3, -0.25) is 9.78 Å². The minimum absolute atomic E-state index is 0.0711. The van der Waals surface area contributed by atoms with Crippen LogP contribution in [0, 0.1) is 17.7 Å². The zero-order valence-electron chi connectivity index (χ0n) is 15.0. The molecule has 1 heterocycles. The summed E-state index contributed by atoms with van der Waals surface area (Å²) < 4.78 is 19.9. The van der Waals surface area contributed by atoms with Crippen LogP contribution in [0.2, 0.25) is 0 Å². The van der Waals surface area contributed by atoms with Crippen LogP contribution >= 0.6 is 0 Å².